The van der Waals surface area contributed by atoms with E-state index >= 15 is 4.39 Å². The van der Waals surface area contributed by atoms with Crippen LogP contribution in [0.4, 0.5) is 10.2 Å². The third-order valence-electron chi connectivity index (χ3n) is 8.02. The molecule has 2 aliphatic rings. The Morgan fingerprint density at radius 3 is 2.50 bits per heavy atom. The second kappa shape index (κ2) is 9.62. The van der Waals surface area contributed by atoms with Crippen molar-refractivity contribution in [3.8, 4) is 6.07 Å². The van der Waals surface area contributed by atoms with Crippen molar-refractivity contribution in [2.75, 3.05) is 18.0 Å². The standard InChI is InChI=1S/C28H33FN6O/c1-5-21-16-35(27-26-25(33(4)28(36)32-27)12-10-20(14-30)31-26)22(6-2)15-34(21)17(3)23-11-9-19(13-24(23)29)18-7-8-18/h9-13,17-18,21-22H,5-8,15-16H2,1-4H3/t17?,21-,22+/m1/s1. The fourth-order valence-corrected chi connectivity index (χ4v) is 5.62. The first kappa shape index (κ1) is 24.4. The maximum atomic E-state index is 15.2. The lowest BCUT2D eigenvalue weighted by Crippen LogP contribution is -2.59. The molecule has 3 heterocycles. The number of hydrogen-bond acceptors (Lipinski definition) is 6. The maximum absolute atomic E-state index is 15.2. The van der Waals surface area contributed by atoms with E-state index in [9.17, 15) is 10.1 Å². The summed E-state index contributed by atoms with van der Waals surface area (Å²) >= 11 is 0. The van der Waals surface area contributed by atoms with Gasteiger partial charge in [0.05, 0.1) is 5.52 Å². The smallest absolute Gasteiger partial charge is 0.349 e. The maximum Gasteiger partial charge on any atom is 0.349 e. The Morgan fingerprint density at radius 1 is 1.11 bits per heavy atom. The minimum atomic E-state index is -0.347. The lowest BCUT2D eigenvalue weighted by molar-refractivity contribution is 0.0989. The number of hydrogen-bond donors (Lipinski definition) is 0. The first-order valence-electron chi connectivity index (χ1n) is 13.0. The van der Waals surface area contributed by atoms with Gasteiger partial charge in [0.2, 0.25) is 0 Å². The minimum absolute atomic E-state index is 0.0689. The van der Waals surface area contributed by atoms with Crippen molar-refractivity contribution < 1.29 is 4.39 Å². The number of anilines is 1. The summed E-state index contributed by atoms with van der Waals surface area (Å²) in [7, 11) is 1.67. The Morgan fingerprint density at radius 2 is 1.86 bits per heavy atom. The molecule has 1 saturated carbocycles. The highest BCUT2D eigenvalue weighted by atomic mass is 19.1. The van der Waals surface area contributed by atoms with Gasteiger partial charge in [-0.15, -0.1) is 0 Å². The number of aryl methyl sites for hydroxylation is 1. The van der Waals surface area contributed by atoms with Crippen LogP contribution in [0.5, 0.6) is 0 Å². The molecule has 0 spiro atoms. The Bertz CT molecular complexity index is 1390. The molecular formula is C28H33FN6O. The van der Waals surface area contributed by atoms with Gasteiger partial charge in [-0.2, -0.15) is 10.2 Å². The van der Waals surface area contributed by atoms with Crippen LogP contribution in [0.3, 0.4) is 0 Å². The van der Waals surface area contributed by atoms with Crippen LogP contribution >= 0.6 is 0 Å². The van der Waals surface area contributed by atoms with Gasteiger partial charge in [-0.25, -0.2) is 14.2 Å². The third-order valence-corrected chi connectivity index (χ3v) is 8.02. The summed E-state index contributed by atoms with van der Waals surface area (Å²) in [4.78, 5) is 26.3. The average molecular weight is 489 g/mol. The van der Waals surface area contributed by atoms with E-state index in [1.54, 1.807) is 25.2 Å². The number of benzene rings is 1. The van der Waals surface area contributed by atoms with Crippen LogP contribution in [0.1, 0.15) is 75.2 Å². The number of piperazine rings is 1. The first-order chi connectivity index (χ1) is 17.4. The predicted molar refractivity (Wildman–Crippen MR) is 138 cm³/mol. The molecule has 0 amide bonds. The molecule has 8 heteroatoms. The molecular weight excluding hydrogens is 455 g/mol. The Labute approximate surface area is 211 Å². The zero-order chi connectivity index (χ0) is 25.6. The molecule has 2 aromatic heterocycles. The van der Waals surface area contributed by atoms with E-state index in [1.165, 1.54) is 4.57 Å². The van der Waals surface area contributed by atoms with Gasteiger partial charge in [-0.3, -0.25) is 9.47 Å². The SMILES string of the molecule is CC[C@H]1CN(C(C)c2ccc(C3CC3)cc2F)[C@H](CC)CN1c1nc(=O)n(C)c2ccc(C#N)nc12. The fourth-order valence-electron chi connectivity index (χ4n) is 5.62. The molecule has 1 unspecified atom stereocenters. The van der Waals surface area contributed by atoms with Crippen molar-refractivity contribution in [3.05, 3.63) is 63.5 Å². The van der Waals surface area contributed by atoms with Crippen molar-refractivity contribution >= 4 is 16.9 Å². The summed E-state index contributed by atoms with van der Waals surface area (Å²) in [5.41, 5.74) is 3.01. The van der Waals surface area contributed by atoms with Crippen LogP contribution in [0.15, 0.2) is 35.1 Å². The van der Waals surface area contributed by atoms with Gasteiger partial charge in [0, 0.05) is 43.8 Å². The number of aromatic nitrogens is 3. The second-order valence-corrected chi connectivity index (χ2v) is 10.2. The summed E-state index contributed by atoms with van der Waals surface area (Å²) < 4.78 is 16.7. The molecule has 1 aliphatic carbocycles. The van der Waals surface area contributed by atoms with Crippen LogP contribution in [0.25, 0.3) is 11.0 Å². The molecule has 0 radical (unpaired) electrons. The number of nitriles is 1. The summed E-state index contributed by atoms with van der Waals surface area (Å²) in [5, 5.41) is 9.43. The fraction of sp³-hybridized carbons (Fsp3) is 0.500. The van der Waals surface area contributed by atoms with Crippen LogP contribution in [0, 0.1) is 17.1 Å². The monoisotopic (exact) mass is 488 g/mol. The molecule has 7 nitrogen and oxygen atoms in total. The lowest BCUT2D eigenvalue weighted by atomic mass is 9.95. The zero-order valence-electron chi connectivity index (χ0n) is 21.4. The van der Waals surface area contributed by atoms with Gasteiger partial charge in [0.15, 0.2) is 5.82 Å². The van der Waals surface area contributed by atoms with Crippen LogP contribution in [-0.2, 0) is 7.05 Å². The quantitative estimate of drug-likeness (QED) is 0.502. The number of rotatable bonds is 6. The van der Waals surface area contributed by atoms with Crippen molar-refractivity contribution in [1.29, 1.82) is 5.26 Å². The number of nitrogens with zero attached hydrogens (tertiary/aromatic N) is 6. The average Bonchev–Trinajstić information content (AvgIpc) is 3.75. The van der Waals surface area contributed by atoms with Crippen molar-refractivity contribution in [3.63, 3.8) is 0 Å². The van der Waals surface area contributed by atoms with Gasteiger partial charge in [0.1, 0.15) is 23.1 Å². The molecule has 0 N–H and O–H groups in total. The molecule has 2 fully saturated rings. The summed E-state index contributed by atoms with van der Waals surface area (Å²) in [6.07, 6.45) is 4.02. The lowest BCUT2D eigenvalue weighted by Gasteiger charge is -2.49. The Balaban J connectivity index is 1.50. The summed E-state index contributed by atoms with van der Waals surface area (Å²) in [6.45, 7) is 7.72. The van der Waals surface area contributed by atoms with Gasteiger partial charge < -0.3 is 4.90 Å². The van der Waals surface area contributed by atoms with E-state index in [0.29, 0.717) is 35.0 Å². The number of halogens is 1. The molecule has 36 heavy (non-hydrogen) atoms. The number of pyridine rings is 1. The van der Waals surface area contributed by atoms with E-state index < -0.39 is 0 Å². The highest BCUT2D eigenvalue weighted by Gasteiger charge is 2.37. The van der Waals surface area contributed by atoms with Crippen LogP contribution < -0.4 is 10.6 Å². The summed E-state index contributed by atoms with van der Waals surface area (Å²) in [6, 6.07) is 11.4. The largest absolute Gasteiger partial charge is 0.349 e. The van der Waals surface area contributed by atoms with E-state index in [0.717, 1.165) is 43.4 Å². The normalized spacial score (nSPS) is 21.5. The van der Waals surface area contributed by atoms with Crippen molar-refractivity contribution in [1.82, 2.24) is 19.4 Å². The van der Waals surface area contributed by atoms with E-state index in [-0.39, 0.29) is 29.6 Å². The topological polar surface area (TPSA) is 78.0 Å². The van der Waals surface area contributed by atoms with E-state index in [4.69, 9.17) is 0 Å². The van der Waals surface area contributed by atoms with E-state index in [2.05, 4.69) is 52.7 Å². The molecule has 1 aromatic carbocycles. The molecule has 1 aliphatic heterocycles. The van der Waals surface area contributed by atoms with Crippen molar-refractivity contribution in [2.45, 2.75) is 70.5 Å². The van der Waals surface area contributed by atoms with Crippen molar-refractivity contribution in [2.24, 2.45) is 7.05 Å². The minimum Gasteiger partial charge on any atom is -0.349 e. The highest BCUT2D eigenvalue weighted by molar-refractivity contribution is 5.86. The zero-order valence-corrected chi connectivity index (χ0v) is 21.4. The molecule has 3 atom stereocenters. The van der Waals surface area contributed by atoms with E-state index in [1.807, 2.05) is 6.07 Å². The summed E-state index contributed by atoms with van der Waals surface area (Å²) in [5.74, 6) is 0.934. The van der Waals surface area contributed by atoms with Gasteiger partial charge in [-0.05, 0) is 62.3 Å². The van der Waals surface area contributed by atoms with Gasteiger partial charge in [0.25, 0.3) is 0 Å². The molecule has 3 aromatic rings. The molecule has 1 saturated heterocycles. The molecule has 0 bridgehead atoms. The predicted octanol–water partition coefficient (Wildman–Crippen LogP) is 4.66. The molecule has 188 valence electrons. The highest BCUT2D eigenvalue weighted by Crippen LogP contribution is 2.41. The van der Waals surface area contributed by atoms with Gasteiger partial charge >= 0.3 is 5.69 Å². The Kier molecular flexibility index (Phi) is 6.52. The third kappa shape index (κ3) is 4.26. The van der Waals surface area contributed by atoms with Gasteiger partial charge in [-0.1, -0.05) is 26.0 Å². The second-order valence-electron chi connectivity index (χ2n) is 10.2. The van der Waals surface area contributed by atoms with Crippen LogP contribution in [0.2, 0.25) is 0 Å². The first-order valence-corrected chi connectivity index (χ1v) is 13.0. The van der Waals surface area contributed by atoms with Crippen LogP contribution in [-0.4, -0.2) is 44.6 Å². The molecule has 5 rings (SSSR count). The number of fused-ring (bicyclic) bond motifs is 1. The Hall–Kier alpha value is -3.31.